The van der Waals surface area contributed by atoms with Crippen molar-refractivity contribution in [3.8, 4) is 0 Å². The Morgan fingerprint density at radius 1 is 1.40 bits per heavy atom. The van der Waals surface area contributed by atoms with Crippen LogP contribution in [-0.2, 0) is 6.42 Å². The summed E-state index contributed by atoms with van der Waals surface area (Å²) in [6.07, 6.45) is 2.33. The molecule has 5 heteroatoms. The topological polar surface area (TPSA) is 55.2 Å². The standard InChI is InChI=1S/C15H23FN2O2/c1-4-10-17-13(11(2)3)9-8-12-6-5-7-14(15(12)16)18(19)20/h5-7,11,13,17H,4,8-10H2,1-3H3. The van der Waals surface area contributed by atoms with E-state index < -0.39 is 16.4 Å². The fourth-order valence-electron chi connectivity index (χ4n) is 2.21. The molecule has 0 aromatic heterocycles. The second kappa shape index (κ2) is 7.94. The first-order valence-corrected chi connectivity index (χ1v) is 7.12. The van der Waals surface area contributed by atoms with Crippen LogP contribution in [-0.4, -0.2) is 17.5 Å². The van der Waals surface area contributed by atoms with Gasteiger partial charge in [0.15, 0.2) is 0 Å². The second-order valence-electron chi connectivity index (χ2n) is 5.35. The van der Waals surface area contributed by atoms with Crippen LogP contribution in [0.5, 0.6) is 0 Å². The molecule has 0 aliphatic rings. The molecule has 0 heterocycles. The van der Waals surface area contributed by atoms with Gasteiger partial charge in [-0.2, -0.15) is 4.39 Å². The number of nitrogens with one attached hydrogen (secondary N) is 1. The lowest BCUT2D eigenvalue weighted by Gasteiger charge is -2.22. The van der Waals surface area contributed by atoms with Crippen LogP contribution in [0.2, 0.25) is 0 Å². The summed E-state index contributed by atoms with van der Waals surface area (Å²) < 4.78 is 14.0. The van der Waals surface area contributed by atoms with Crippen molar-refractivity contribution in [3.63, 3.8) is 0 Å². The molecule has 1 N–H and O–H groups in total. The molecule has 0 aliphatic carbocycles. The number of nitro benzene ring substituents is 1. The summed E-state index contributed by atoms with van der Waals surface area (Å²) in [4.78, 5) is 10.0. The van der Waals surface area contributed by atoms with Gasteiger partial charge in [-0.1, -0.05) is 32.9 Å². The van der Waals surface area contributed by atoms with Gasteiger partial charge >= 0.3 is 5.69 Å². The predicted octanol–water partition coefficient (Wildman–Crippen LogP) is 3.69. The molecule has 112 valence electrons. The molecule has 0 fully saturated rings. The molecular formula is C15H23FN2O2. The molecule has 0 saturated heterocycles. The Labute approximate surface area is 119 Å². The molecule has 0 saturated carbocycles. The van der Waals surface area contributed by atoms with Crippen LogP contribution in [0.15, 0.2) is 18.2 Å². The summed E-state index contributed by atoms with van der Waals surface area (Å²) in [5, 5.41) is 14.2. The summed E-state index contributed by atoms with van der Waals surface area (Å²) in [5.41, 5.74) is -0.0201. The Bertz CT molecular complexity index is 449. The summed E-state index contributed by atoms with van der Waals surface area (Å²) in [6.45, 7) is 7.28. The summed E-state index contributed by atoms with van der Waals surface area (Å²) in [5.74, 6) is -0.251. The third kappa shape index (κ3) is 4.56. The Morgan fingerprint density at radius 3 is 2.65 bits per heavy atom. The summed E-state index contributed by atoms with van der Waals surface area (Å²) >= 11 is 0. The van der Waals surface area contributed by atoms with Gasteiger partial charge in [0.2, 0.25) is 5.82 Å². The third-order valence-electron chi connectivity index (χ3n) is 3.44. The molecule has 1 unspecified atom stereocenters. The minimum atomic E-state index is -0.699. The highest BCUT2D eigenvalue weighted by Gasteiger charge is 2.19. The molecule has 4 nitrogen and oxygen atoms in total. The van der Waals surface area contributed by atoms with Gasteiger partial charge < -0.3 is 5.32 Å². The van der Waals surface area contributed by atoms with Crippen LogP contribution in [0.1, 0.15) is 39.2 Å². The van der Waals surface area contributed by atoms with Crippen molar-refractivity contribution in [2.45, 2.75) is 46.1 Å². The zero-order valence-electron chi connectivity index (χ0n) is 12.4. The van der Waals surface area contributed by atoms with E-state index in [1.165, 1.54) is 6.07 Å². The Morgan fingerprint density at radius 2 is 2.10 bits per heavy atom. The van der Waals surface area contributed by atoms with E-state index in [0.29, 0.717) is 23.9 Å². The molecule has 0 spiro atoms. The highest BCUT2D eigenvalue weighted by molar-refractivity contribution is 5.36. The van der Waals surface area contributed by atoms with Gasteiger partial charge in [0.05, 0.1) is 4.92 Å². The molecule has 0 amide bonds. The molecule has 1 aromatic rings. The monoisotopic (exact) mass is 282 g/mol. The van der Waals surface area contributed by atoms with Crippen molar-refractivity contribution in [2.75, 3.05) is 6.54 Å². The fourth-order valence-corrected chi connectivity index (χ4v) is 2.21. The number of hydrogen-bond donors (Lipinski definition) is 1. The number of rotatable bonds is 8. The normalized spacial score (nSPS) is 12.7. The molecule has 0 aliphatic heterocycles. The first-order valence-electron chi connectivity index (χ1n) is 7.12. The number of aryl methyl sites for hydroxylation is 1. The minimum absolute atomic E-state index is 0.300. The maximum Gasteiger partial charge on any atom is 0.305 e. The zero-order valence-corrected chi connectivity index (χ0v) is 12.4. The number of nitro groups is 1. The van der Waals surface area contributed by atoms with E-state index in [1.54, 1.807) is 12.1 Å². The fraction of sp³-hybridized carbons (Fsp3) is 0.600. The van der Waals surface area contributed by atoms with Crippen molar-refractivity contribution in [1.82, 2.24) is 5.32 Å². The molecule has 1 atom stereocenters. The molecule has 1 aromatic carbocycles. The van der Waals surface area contributed by atoms with E-state index >= 15 is 0 Å². The smallest absolute Gasteiger partial charge is 0.305 e. The maximum absolute atomic E-state index is 14.0. The van der Waals surface area contributed by atoms with Gasteiger partial charge in [-0.15, -0.1) is 0 Å². The quantitative estimate of drug-likeness (QED) is 0.584. The number of benzene rings is 1. The van der Waals surface area contributed by atoms with Gasteiger partial charge in [-0.3, -0.25) is 10.1 Å². The Kier molecular flexibility index (Phi) is 6.58. The van der Waals surface area contributed by atoms with Crippen molar-refractivity contribution in [2.24, 2.45) is 5.92 Å². The van der Waals surface area contributed by atoms with Gasteiger partial charge in [-0.25, -0.2) is 0 Å². The van der Waals surface area contributed by atoms with Crippen molar-refractivity contribution in [1.29, 1.82) is 0 Å². The van der Waals surface area contributed by atoms with E-state index in [9.17, 15) is 14.5 Å². The lowest BCUT2D eigenvalue weighted by atomic mass is 9.96. The van der Waals surface area contributed by atoms with Crippen LogP contribution in [0, 0.1) is 21.8 Å². The largest absolute Gasteiger partial charge is 0.314 e. The van der Waals surface area contributed by atoms with Crippen LogP contribution >= 0.6 is 0 Å². The minimum Gasteiger partial charge on any atom is -0.314 e. The van der Waals surface area contributed by atoms with E-state index in [-0.39, 0.29) is 0 Å². The maximum atomic E-state index is 14.0. The third-order valence-corrected chi connectivity index (χ3v) is 3.44. The highest BCUT2D eigenvalue weighted by atomic mass is 19.1. The number of nitrogens with zero attached hydrogens (tertiary/aromatic N) is 1. The zero-order chi connectivity index (χ0) is 15.1. The molecule has 1 rings (SSSR count). The predicted molar refractivity (Wildman–Crippen MR) is 78.3 cm³/mol. The van der Waals surface area contributed by atoms with Crippen molar-refractivity contribution < 1.29 is 9.31 Å². The summed E-state index contributed by atoms with van der Waals surface area (Å²) in [7, 11) is 0. The molecular weight excluding hydrogens is 259 g/mol. The molecule has 0 bridgehead atoms. The first kappa shape index (κ1) is 16.6. The molecule has 20 heavy (non-hydrogen) atoms. The van der Waals surface area contributed by atoms with Crippen molar-refractivity contribution >= 4 is 5.69 Å². The Balaban J connectivity index is 2.73. The van der Waals surface area contributed by atoms with Crippen LogP contribution in [0.3, 0.4) is 0 Å². The van der Waals surface area contributed by atoms with E-state index in [2.05, 4.69) is 26.1 Å². The van der Waals surface area contributed by atoms with Gasteiger partial charge in [0.1, 0.15) is 0 Å². The van der Waals surface area contributed by atoms with Crippen LogP contribution in [0.4, 0.5) is 10.1 Å². The van der Waals surface area contributed by atoms with Gasteiger partial charge in [0, 0.05) is 12.1 Å². The van der Waals surface area contributed by atoms with Crippen LogP contribution < -0.4 is 5.32 Å². The Hall–Kier alpha value is -1.49. The highest BCUT2D eigenvalue weighted by Crippen LogP contribution is 2.22. The lowest BCUT2D eigenvalue weighted by Crippen LogP contribution is -2.34. The number of hydrogen-bond acceptors (Lipinski definition) is 3. The second-order valence-corrected chi connectivity index (χ2v) is 5.35. The average molecular weight is 282 g/mol. The van der Waals surface area contributed by atoms with E-state index in [0.717, 1.165) is 19.4 Å². The van der Waals surface area contributed by atoms with E-state index in [4.69, 9.17) is 0 Å². The van der Waals surface area contributed by atoms with E-state index in [1.807, 2.05) is 0 Å². The molecule has 0 radical (unpaired) electrons. The summed E-state index contributed by atoms with van der Waals surface area (Å²) in [6, 6.07) is 4.67. The van der Waals surface area contributed by atoms with Crippen molar-refractivity contribution in [3.05, 3.63) is 39.7 Å². The lowest BCUT2D eigenvalue weighted by molar-refractivity contribution is -0.387. The van der Waals surface area contributed by atoms with Crippen LogP contribution in [0.25, 0.3) is 0 Å². The average Bonchev–Trinajstić information content (AvgIpc) is 2.39. The number of halogens is 1. The van der Waals surface area contributed by atoms with Gasteiger partial charge in [0.25, 0.3) is 0 Å². The first-order chi connectivity index (χ1) is 9.47. The van der Waals surface area contributed by atoms with Gasteiger partial charge in [-0.05, 0) is 37.3 Å². The SMILES string of the molecule is CCCNC(CCc1cccc([N+](=O)[O-])c1F)C(C)C.